The Morgan fingerprint density at radius 1 is 1.04 bits per heavy atom. The quantitative estimate of drug-likeness (QED) is 0.757. The number of para-hydroxylation sites is 1. The van der Waals surface area contributed by atoms with Gasteiger partial charge in [0.15, 0.2) is 0 Å². The summed E-state index contributed by atoms with van der Waals surface area (Å²) in [5.41, 5.74) is 2.29. The molecule has 0 bridgehead atoms. The zero-order valence-electron chi connectivity index (χ0n) is 12.0. The first kappa shape index (κ1) is 13.2. The molecule has 0 N–H and O–H groups in total. The van der Waals surface area contributed by atoms with E-state index in [1.165, 1.54) is 4.31 Å². The summed E-state index contributed by atoms with van der Waals surface area (Å²) in [7, 11) is -3.45. The molecule has 1 fully saturated rings. The zero-order valence-corrected chi connectivity index (χ0v) is 12.8. The minimum atomic E-state index is -3.45. The van der Waals surface area contributed by atoms with Crippen molar-refractivity contribution in [1.29, 1.82) is 0 Å². The van der Waals surface area contributed by atoms with Crippen LogP contribution in [0.5, 0.6) is 0 Å². The van der Waals surface area contributed by atoms with E-state index < -0.39 is 10.0 Å². The van der Waals surface area contributed by atoms with Crippen molar-refractivity contribution < 1.29 is 13.2 Å². The van der Waals surface area contributed by atoms with E-state index in [2.05, 4.69) is 4.99 Å². The fourth-order valence-corrected chi connectivity index (χ4v) is 5.72. The van der Waals surface area contributed by atoms with Gasteiger partial charge in [0.2, 0.25) is 15.8 Å². The van der Waals surface area contributed by atoms with Crippen molar-refractivity contribution in [2.75, 3.05) is 0 Å². The van der Waals surface area contributed by atoms with Gasteiger partial charge in [-0.15, -0.1) is 0 Å². The highest BCUT2D eigenvalue weighted by Crippen LogP contribution is 2.59. The van der Waals surface area contributed by atoms with Gasteiger partial charge in [0.1, 0.15) is 0 Å². The summed E-state index contributed by atoms with van der Waals surface area (Å²) in [6, 6.07) is 13.9. The molecular formula is C17H12N2O3S. The van der Waals surface area contributed by atoms with E-state index in [0.717, 1.165) is 0 Å². The molecule has 3 unspecified atom stereocenters. The number of rotatable bonds is 1. The van der Waals surface area contributed by atoms with Crippen molar-refractivity contribution in [3.8, 4) is 0 Å². The molecule has 6 heteroatoms. The molecule has 3 atom stereocenters. The Bertz CT molecular complexity index is 996. The number of aliphatic imine (C=N–C) groups is 1. The fourth-order valence-electron chi connectivity index (χ4n) is 3.69. The predicted molar refractivity (Wildman–Crippen MR) is 84.5 cm³/mol. The van der Waals surface area contributed by atoms with Crippen LogP contribution >= 0.6 is 0 Å². The summed E-state index contributed by atoms with van der Waals surface area (Å²) in [5, 5.41) is 0. The first-order valence-electron chi connectivity index (χ1n) is 7.43. The van der Waals surface area contributed by atoms with Crippen LogP contribution in [0.1, 0.15) is 28.4 Å². The molecule has 2 aromatic carbocycles. The third kappa shape index (κ3) is 1.62. The van der Waals surface area contributed by atoms with Crippen LogP contribution in [0.15, 0.2) is 58.4 Å². The van der Waals surface area contributed by atoms with E-state index in [9.17, 15) is 13.2 Å². The smallest absolute Gasteiger partial charge is 0.244 e. The summed E-state index contributed by atoms with van der Waals surface area (Å²) < 4.78 is 26.6. The largest absolute Gasteiger partial charge is 0.287 e. The number of Topliss-reactive ketones (excluding diaryl/α,β-unsaturated/α-hetero) is 1. The number of carbonyl (C=O) groups excluding carboxylic acids is 1. The molecule has 1 saturated heterocycles. The van der Waals surface area contributed by atoms with E-state index in [1.54, 1.807) is 18.2 Å². The van der Waals surface area contributed by atoms with Gasteiger partial charge in [-0.25, -0.2) is 13.4 Å². The molecule has 0 saturated carbocycles. The van der Waals surface area contributed by atoms with Gasteiger partial charge in [-0.2, -0.15) is 4.31 Å². The fraction of sp³-hybridized carbons (Fsp3) is 0.176. The van der Waals surface area contributed by atoms with Crippen LogP contribution in [-0.2, 0) is 10.0 Å². The van der Waals surface area contributed by atoms with Gasteiger partial charge in [-0.05, 0) is 18.2 Å². The van der Waals surface area contributed by atoms with Crippen LogP contribution in [0.4, 0.5) is 5.69 Å². The summed E-state index contributed by atoms with van der Waals surface area (Å²) >= 11 is 0. The second kappa shape index (κ2) is 4.15. The van der Waals surface area contributed by atoms with Crippen molar-refractivity contribution in [2.45, 2.75) is 23.4 Å². The van der Waals surface area contributed by atoms with Gasteiger partial charge >= 0.3 is 0 Å². The summed E-state index contributed by atoms with van der Waals surface area (Å²) in [4.78, 5) is 17.6. The number of ketones is 1. The van der Waals surface area contributed by atoms with Gasteiger partial charge in [0, 0.05) is 17.5 Å². The minimum Gasteiger partial charge on any atom is -0.287 e. The molecule has 3 aliphatic rings. The number of fused-ring (bicyclic) bond motifs is 1. The normalized spacial score (nSPS) is 30.9. The minimum absolute atomic E-state index is 0.157. The van der Waals surface area contributed by atoms with Gasteiger partial charge in [-0.1, -0.05) is 30.3 Å². The van der Waals surface area contributed by atoms with E-state index in [0.29, 0.717) is 28.9 Å². The van der Waals surface area contributed by atoms with Gasteiger partial charge < -0.3 is 0 Å². The van der Waals surface area contributed by atoms with Crippen molar-refractivity contribution in [3.63, 3.8) is 0 Å². The van der Waals surface area contributed by atoms with Crippen molar-refractivity contribution in [2.24, 2.45) is 4.99 Å². The molecule has 2 aliphatic heterocycles. The van der Waals surface area contributed by atoms with E-state index in [1.807, 2.05) is 30.3 Å². The van der Waals surface area contributed by atoms with Crippen LogP contribution in [0.2, 0.25) is 0 Å². The second-order valence-corrected chi connectivity index (χ2v) is 7.80. The third-order valence-corrected chi connectivity index (χ3v) is 6.69. The molecule has 0 aromatic heterocycles. The number of hydrogen-bond acceptors (Lipinski definition) is 4. The predicted octanol–water partition coefficient (Wildman–Crippen LogP) is 2.47. The van der Waals surface area contributed by atoms with Crippen molar-refractivity contribution >= 4 is 27.2 Å². The van der Waals surface area contributed by atoms with E-state index >= 15 is 0 Å². The number of carbonyl (C=O) groups is 1. The molecule has 2 aromatic rings. The second-order valence-electron chi connectivity index (χ2n) is 5.99. The van der Waals surface area contributed by atoms with E-state index in [4.69, 9.17) is 0 Å². The average molecular weight is 324 g/mol. The lowest BCUT2D eigenvalue weighted by Crippen LogP contribution is -2.18. The SMILES string of the molecule is O=C1C(=Nc2ccccc2)CC2C3c4c1cccc4S(=O)(=O)N23. The monoisotopic (exact) mass is 324 g/mol. The Hall–Kier alpha value is -2.31. The standard InChI is InChI=1S/C17H12N2O3S/c20-17-11-7-4-8-14-15(11)16-13(19(16)23(14,21)22)9-12(17)18-10-5-2-1-3-6-10/h1-8,13,16H,9H2. The number of benzene rings is 2. The number of nitrogens with zero attached hydrogens (tertiary/aromatic N) is 2. The van der Waals surface area contributed by atoms with Crippen molar-refractivity contribution in [1.82, 2.24) is 4.31 Å². The van der Waals surface area contributed by atoms with Crippen LogP contribution < -0.4 is 0 Å². The number of sulfonamides is 1. The summed E-state index contributed by atoms with van der Waals surface area (Å²) in [6.07, 6.45) is 0.367. The average Bonchev–Trinajstić information content (AvgIpc) is 3.23. The maximum atomic E-state index is 12.8. The van der Waals surface area contributed by atoms with Crippen LogP contribution in [-0.4, -0.2) is 30.3 Å². The third-order valence-electron chi connectivity index (χ3n) is 4.72. The summed E-state index contributed by atoms with van der Waals surface area (Å²) in [5.74, 6) is -0.157. The Morgan fingerprint density at radius 3 is 2.61 bits per heavy atom. The Balaban J connectivity index is 1.71. The number of hydrogen-bond donors (Lipinski definition) is 0. The Kier molecular flexibility index (Phi) is 2.38. The highest BCUT2D eigenvalue weighted by molar-refractivity contribution is 7.89. The Morgan fingerprint density at radius 2 is 1.83 bits per heavy atom. The molecule has 114 valence electrons. The lowest BCUT2D eigenvalue weighted by molar-refractivity contribution is 0.106. The van der Waals surface area contributed by atoms with E-state index in [-0.39, 0.29) is 22.8 Å². The molecule has 0 amide bonds. The van der Waals surface area contributed by atoms with Crippen molar-refractivity contribution in [3.05, 3.63) is 59.7 Å². The lowest BCUT2D eigenvalue weighted by Gasteiger charge is -2.05. The highest BCUT2D eigenvalue weighted by Gasteiger charge is 2.65. The molecule has 5 rings (SSSR count). The molecule has 2 heterocycles. The Labute approximate surface area is 133 Å². The zero-order chi connectivity index (χ0) is 15.8. The molecule has 0 spiro atoms. The topological polar surface area (TPSA) is 66.6 Å². The molecule has 1 aliphatic carbocycles. The lowest BCUT2D eigenvalue weighted by atomic mass is 10.0. The highest BCUT2D eigenvalue weighted by atomic mass is 32.2. The molecule has 5 nitrogen and oxygen atoms in total. The van der Waals surface area contributed by atoms with Gasteiger partial charge in [-0.3, -0.25) is 4.79 Å². The molecule has 0 radical (unpaired) electrons. The van der Waals surface area contributed by atoms with Gasteiger partial charge in [0.05, 0.1) is 28.4 Å². The van der Waals surface area contributed by atoms with Crippen LogP contribution in [0.3, 0.4) is 0 Å². The first-order chi connectivity index (χ1) is 11.1. The van der Waals surface area contributed by atoms with Gasteiger partial charge in [0.25, 0.3) is 0 Å². The first-order valence-corrected chi connectivity index (χ1v) is 8.87. The maximum Gasteiger partial charge on any atom is 0.244 e. The molecular weight excluding hydrogens is 312 g/mol. The molecule has 23 heavy (non-hydrogen) atoms. The summed E-state index contributed by atoms with van der Waals surface area (Å²) in [6.45, 7) is 0. The van der Waals surface area contributed by atoms with Crippen LogP contribution in [0.25, 0.3) is 0 Å². The van der Waals surface area contributed by atoms with Crippen LogP contribution in [0, 0.1) is 0 Å². The maximum absolute atomic E-state index is 12.8.